The number of fused-ring (bicyclic) bond motifs is 1. The average Bonchev–Trinajstić information content (AvgIpc) is 3.06. The zero-order valence-electron chi connectivity index (χ0n) is 14.1. The standard InChI is InChI=1S/C19H18ClNO3S/c1-10(2)24-18(19(22)23)16-11(3)21-15-5-4-13(20)8-14(15)17(16)12-6-7-25-9-12/h4-10,18H,1-3H3,(H,22,23). The summed E-state index contributed by atoms with van der Waals surface area (Å²) in [7, 11) is 0. The molecule has 1 N–H and O–H groups in total. The fourth-order valence-corrected chi connectivity index (χ4v) is 3.75. The molecule has 130 valence electrons. The van der Waals surface area contributed by atoms with E-state index in [0.717, 1.165) is 22.0 Å². The highest BCUT2D eigenvalue weighted by Crippen LogP contribution is 2.39. The van der Waals surface area contributed by atoms with Gasteiger partial charge in [0.2, 0.25) is 0 Å². The highest BCUT2D eigenvalue weighted by molar-refractivity contribution is 7.08. The van der Waals surface area contributed by atoms with Crippen LogP contribution in [0.4, 0.5) is 0 Å². The number of aromatic nitrogens is 1. The number of halogens is 1. The van der Waals surface area contributed by atoms with E-state index >= 15 is 0 Å². The summed E-state index contributed by atoms with van der Waals surface area (Å²) in [5, 5.41) is 15.1. The molecule has 0 aliphatic carbocycles. The second kappa shape index (κ2) is 7.12. The van der Waals surface area contributed by atoms with E-state index < -0.39 is 12.1 Å². The molecule has 1 atom stereocenters. The third-order valence-corrected chi connectivity index (χ3v) is 4.80. The van der Waals surface area contributed by atoms with Gasteiger partial charge in [-0.2, -0.15) is 11.3 Å². The average molecular weight is 376 g/mol. The molecule has 0 amide bonds. The second-order valence-corrected chi connectivity index (χ2v) is 7.28. The Hall–Kier alpha value is -1.95. The Morgan fingerprint density at radius 3 is 2.68 bits per heavy atom. The van der Waals surface area contributed by atoms with Crippen molar-refractivity contribution in [2.45, 2.75) is 33.0 Å². The third-order valence-electron chi connectivity index (χ3n) is 3.88. The molecule has 4 nitrogen and oxygen atoms in total. The molecule has 1 aromatic carbocycles. The number of carbonyl (C=O) groups is 1. The number of benzene rings is 1. The first-order valence-corrected chi connectivity index (χ1v) is 9.21. The van der Waals surface area contributed by atoms with Crippen LogP contribution in [0.5, 0.6) is 0 Å². The van der Waals surface area contributed by atoms with Gasteiger partial charge in [0.25, 0.3) is 0 Å². The summed E-state index contributed by atoms with van der Waals surface area (Å²) in [6, 6.07) is 7.43. The lowest BCUT2D eigenvalue weighted by molar-refractivity contribution is -0.153. The van der Waals surface area contributed by atoms with Gasteiger partial charge in [0.1, 0.15) is 0 Å². The van der Waals surface area contributed by atoms with Gasteiger partial charge in [0.05, 0.1) is 11.6 Å². The molecule has 3 rings (SSSR count). The number of aliphatic carboxylic acids is 1. The highest BCUT2D eigenvalue weighted by Gasteiger charge is 2.29. The Kier molecular flexibility index (Phi) is 5.08. The van der Waals surface area contributed by atoms with Gasteiger partial charge in [-0.25, -0.2) is 4.79 Å². The Labute approximate surface area is 155 Å². The summed E-state index contributed by atoms with van der Waals surface area (Å²) >= 11 is 7.75. The lowest BCUT2D eigenvalue weighted by atomic mass is 9.92. The molecule has 0 radical (unpaired) electrons. The number of hydrogen-bond acceptors (Lipinski definition) is 4. The first-order valence-electron chi connectivity index (χ1n) is 7.89. The topological polar surface area (TPSA) is 59.4 Å². The molecule has 0 saturated carbocycles. The second-order valence-electron chi connectivity index (χ2n) is 6.06. The summed E-state index contributed by atoms with van der Waals surface area (Å²) in [6.45, 7) is 5.46. The number of nitrogens with zero attached hydrogens (tertiary/aromatic N) is 1. The van der Waals surface area contributed by atoms with Crippen LogP contribution in [0.15, 0.2) is 35.0 Å². The van der Waals surface area contributed by atoms with E-state index in [9.17, 15) is 9.90 Å². The zero-order valence-corrected chi connectivity index (χ0v) is 15.7. The third kappa shape index (κ3) is 3.54. The van der Waals surface area contributed by atoms with Crippen LogP contribution in [0.1, 0.15) is 31.2 Å². The Morgan fingerprint density at radius 1 is 1.32 bits per heavy atom. The largest absolute Gasteiger partial charge is 0.479 e. The van der Waals surface area contributed by atoms with E-state index in [1.807, 2.05) is 49.7 Å². The first-order chi connectivity index (χ1) is 11.9. The fourth-order valence-electron chi connectivity index (χ4n) is 2.93. The van der Waals surface area contributed by atoms with Crippen molar-refractivity contribution >= 4 is 39.8 Å². The van der Waals surface area contributed by atoms with Gasteiger partial charge in [-0.1, -0.05) is 11.6 Å². The van der Waals surface area contributed by atoms with Crippen LogP contribution in [-0.4, -0.2) is 22.2 Å². The van der Waals surface area contributed by atoms with Crippen molar-refractivity contribution in [3.63, 3.8) is 0 Å². The summed E-state index contributed by atoms with van der Waals surface area (Å²) < 4.78 is 5.73. The molecule has 0 saturated heterocycles. The Bertz CT molecular complexity index is 922. The van der Waals surface area contributed by atoms with E-state index in [0.29, 0.717) is 16.3 Å². The maximum absolute atomic E-state index is 11.9. The zero-order chi connectivity index (χ0) is 18.1. The van der Waals surface area contributed by atoms with Gasteiger partial charge >= 0.3 is 5.97 Å². The molecular formula is C19H18ClNO3S. The van der Waals surface area contributed by atoms with Crippen LogP contribution in [-0.2, 0) is 9.53 Å². The minimum atomic E-state index is -1.09. The molecular weight excluding hydrogens is 358 g/mol. The Morgan fingerprint density at radius 2 is 2.08 bits per heavy atom. The molecule has 2 aromatic heterocycles. The van der Waals surface area contributed by atoms with Gasteiger partial charge in [-0.05, 0) is 61.4 Å². The monoisotopic (exact) mass is 375 g/mol. The van der Waals surface area contributed by atoms with Crippen molar-refractivity contribution in [3.8, 4) is 11.1 Å². The van der Waals surface area contributed by atoms with Crippen LogP contribution in [0.3, 0.4) is 0 Å². The van der Waals surface area contributed by atoms with Crippen molar-refractivity contribution < 1.29 is 14.6 Å². The Balaban J connectivity index is 2.39. The number of hydrogen-bond donors (Lipinski definition) is 1. The molecule has 0 fully saturated rings. The molecule has 0 aliphatic heterocycles. The van der Waals surface area contributed by atoms with E-state index in [-0.39, 0.29) is 6.10 Å². The molecule has 0 bridgehead atoms. The summed E-state index contributed by atoms with van der Waals surface area (Å²) in [4.78, 5) is 16.5. The summed E-state index contributed by atoms with van der Waals surface area (Å²) in [6.07, 6.45) is -1.32. The number of carboxylic acids is 1. The minimum Gasteiger partial charge on any atom is -0.479 e. The lowest BCUT2D eigenvalue weighted by Gasteiger charge is -2.22. The maximum Gasteiger partial charge on any atom is 0.337 e. The number of thiophene rings is 1. The van der Waals surface area contributed by atoms with Crippen LogP contribution < -0.4 is 0 Å². The molecule has 6 heteroatoms. The molecule has 2 heterocycles. The summed E-state index contributed by atoms with van der Waals surface area (Å²) in [5.74, 6) is -1.03. The predicted molar refractivity (Wildman–Crippen MR) is 101 cm³/mol. The SMILES string of the molecule is Cc1nc2ccc(Cl)cc2c(-c2ccsc2)c1C(OC(C)C)C(=O)O. The number of rotatable bonds is 5. The van der Waals surface area contributed by atoms with Crippen LogP contribution in [0.2, 0.25) is 5.02 Å². The number of aryl methyl sites for hydroxylation is 1. The van der Waals surface area contributed by atoms with Crippen molar-refractivity contribution in [1.82, 2.24) is 4.98 Å². The molecule has 3 aromatic rings. The molecule has 25 heavy (non-hydrogen) atoms. The van der Waals surface area contributed by atoms with Crippen molar-refractivity contribution in [2.75, 3.05) is 0 Å². The van der Waals surface area contributed by atoms with E-state index in [1.165, 1.54) is 0 Å². The van der Waals surface area contributed by atoms with E-state index in [1.54, 1.807) is 17.4 Å². The number of carboxylic acid groups (broad SMARTS) is 1. The van der Waals surface area contributed by atoms with Crippen molar-refractivity contribution in [2.24, 2.45) is 0 Å². The van der Waals surface area contributed by atoms with E-state index in [4.69, 9.17) is 16.3 Å². The smallest absolute Gasteiger partial charge is 0.337 e. The van der Waals surface area contributed by atoms with E-state index in [2.05, 4.69) is 4.98 Å². The van der Waals surface area contributed by atoms with Crippen LogP contribution in [0, 0.1) is 6.92 Å². The fraction of sp³-hybridized carbons (Fsp3) is 0.263. The van der Waals surface area contributed by atoms with Gasteiger partial charge in [-0.15, -0.1) is 0 Å². The first kappa shape index (κ1) is 17.9. The quantitative estimate of drug-likeness (QED) is 0.641. The molecule has 0 aliphatic rings. The number of ether oxygens (including phenoxy) is 1. The van der Waals surface area contributed by atoms with Gasteiger partial charge in [0, 0.05) is 27.2 Å². The summed E-state index contributed by atoms with van der Waals surface area (Å²) in [5.41, 5.74) is 3.76. The predicted octanol–water partition coefficient (Wildman–Crippen LogP) is 5.48. The lowest BCUT2D eigenvalue weighted by Crippen LogP contribution is -2.21. The normalized spacial score (nSPS) is 12.7. The van der Waals surface area contributed by atoms with Crippen LogP contribution in [0.25, 0.3) is 22.0 Å². The van der Waals surface area contributed by atoms with Crippen molar-refractivity contribution in [1.29, 1.82) is 0 Å². The minimum absolute atomic E-state index is 0.231. The molecule has 0 spiro atoms. The highest BCUT2D eigenvalue weighted by atomic mass is 35.5. The van der Waals surface area contributed by atoms with Gasteiger partial charge < -0.3 is 9.84 Å². The van der Waals surface area contributed by atoms with Gasteiger partial charge in [-0.3, -0.25) is 4.98 Å². The number of pyridine rings is 1. The van der Waals surface area contributed by atoms with Gasteiger partial charge in [0.15, 0.2) is 6.10 Å². The maximum atomic E-state index is 11.9. The molecule has 1 unspecified atom stereocenters. The van der Waals surface area contributed by atoms with Crippen molar-refractivity contribution in [3.05, 3.63) is 51.3 Å². The van der Waals surface area contributed by atoms with Crippen LogP contribution >= 0.6 is 22.9 Å².